The summed E-state index contributed by atoms with van der Waals surface area (Å²) in [6.45, 7) is 1.81. The van der Waals surface area contributed by atoms with E-state index in [2.05, 4.69) is 10.6 Å². The third-order valence-electron chi connectivity index (χ3n) is 1.84. The molecule has 0 bridgehead atoms. The Labute approximate surface area is 90.4 Å². The lowest BCUT2D eigenvalue weighted by molar-refractivity contribution is 0.590. The molecule has 0 heterocycles. The van der Waals surface area contributed by atoms with Crippen LogP contribution in [0.1, 0.15) is 19.8 Å². The Morgan fingerprint density at radius 2 is 2.14 bits per heavy atom. The van der Waals surface area contributed by atoms with Gasteiger partial charge in [-0.3, -0.25) is 0 Å². The molecule has 0 saturated heterocycles. The molecule has 6 heteroatoms. The summed E-state index contributed by atoms with van der Waals surface area (Å²) in [6.07, 6.45) is 3.53. The van der Waals surface area contributed by atoms with E-state index in [1.54, 1.807) is 0 Å². The Morgan fingerprint density at radius 1 is 1.57 bits per heavy atom. The molecule has 0 aliphatic heterocycles. The molecule has 14 heavy (non-hydrogen) atoms. The predicted molar refractivity (Wildman–Crippen MR) is 61.1 cm³/mol. The summed E-state index contributed by atoms with van der Waals surface area (Å²) < 4.78 is 21.9. The van der Waals surface area contributed by atoms with Crippen molar-refractivity contribution in [2.45, 2.75) is 31.8 Å². The van der Waals surface area contributed by atoms with Crippen LogP contribution < -0.4 is 10.6 Å². The van der Waals surface area contributed by atoms with Crippen molar-refractivity contribution >= 4 is 27.2 Å². The van der Waals surface area contributed by atoms with E-state index in [0.29, 0.717) is 11.2 Å². The van der Waals surface area contributed by atoms with Crippen LogP contribution in [0, 0.1) is 0 Å². The standard InChI is InChI=1S/C8H16N2O2S2/c1-6(5-14(2,11)12)9-8(13)10-7-3-4-7/h6-7H,3-5H2,1-2H3,(H2,9,10,13). The quantitative estimate of drug-likeness (QED) is 0.675. The highest BCUT2D eigenvalue weighted by atomic mass is 32.2. The minimum Gasteiger partial charge on any atom is -0.360 e. The van der Waals surface area contributed by atoms with Gasteiger partial charge in [0.1, 0.15) is 9.84 Å². The first-order chi connectivity index (χ1) is 6.37. The highest BCUT2D eigenvalue weighted by Crippen LogP contribution is 2.18. The van der Waals surface area contributed by atoms with Crippen molar-refractivity contribution in [1.82, 2.24) is 10.6 Å². The van der Waals surface area contributed by atoms with Gasteiger partial charge < -0.3 is 10.6 Å². The fourth-order valence-corrected chi connectivity index (χ4v) is 2.53. The molecule has 0 aromatic heterocycles. The minimum absolute atomic E-state index is 0.111. The lowest BCUT2D eigenvalue weighted by Crippen LogP contribution is -2.44. The van der Waals surface area contributed by atoms with Crippen molar-refractivity contribution < 1.29 is 8.42 Å². The summed E-state index contributed by atoms with van der Waals surface area (Å²) in [5.41, 5.74) is 0. The van der Waals surface area contributed by atoms with E-state index in [0.717, 1.165) is 12.8 Å². The van der Waals surface area contributed by atoms with Crippen molar-refractivity contribution in [3.63, 3.8) is 0 Å². The third-order valence-corrected chi connectivity index (χ3v) is 3.18. The van der Waals surface area contributed by atoms with E-state index < -0.39 is 9.84 Å². The Balaban J connectivity index is 2.24. The van der Waals surface area contributed by atoms with Crippen LogP contribution in [0.4, 0.5) is 0 Å². The molecule has 1 saturated carbocycles. The normalized spacial score (nSPS) is 18.7. The van der Waals surface area contributed by atoms with Gasteiger partial charge in [0, 0.05) is 18.3 Å². The average molecular weight is 236 g/mol. The highest BCUT2D eigenvalue weighted by Gasteiger charge is 2.22. The van der Waals surface area contributed by atoms with Crippen molar-refractivity contribution in [3.8, 4) is 0 Å². The summed E-state index contributed by atoms with van der Waals surface area (Å²) in [6, 6.07) is 0.365. The Morgan fingerprint density at radius 3 is 2.57 bits per heavy atom. The second kappa shape index (κ2) is 4.44. The van der Waals surface area contributed by atoms with Gasteiger partial charge in [-0.1, -0.05) is 0 Å². The van der Waals surface area contributed by atoms with Crippen LogP contribution in [0.25, 0.3) is 0 Å². The Hall–Kier alpha value is -0.360. The zero-order valence-electron chi connectivity index (χ0n) is 8.41. The molecule has 1 aliphatic rings. The van der Waals surface area contributed by atoms with E-state index in [4.69, 9.17) is 12.2 Å². The lowest BCUT2D eigenvalue weighted by atomic mass is 10.4. The minimum atomic E-state index is -2.93. The number of rotatable bonds is 4. The maximum atomic E-state index is 11.0. The first-order valence-corrected chi connectivity index (χ1v) is 7.08. The van der Waals surface area contributed by atoms with Crippen LogP contribution in [0.2, 0.25) is 0 Å². The largest absolute Gasteiger partial charge is 0.360 e. The van der Waals surface area contributed by atoms with Crippen molar-refractivity contribution in [2.75, 3.05) is 12.0 Å². The first kappa shape index (κ1) is 11.7. The molecule has 1 atom stereocenters. The van der Waals surface area contributed by atoms with Crippen LogP contribution in [-0.4, -0.2) is 37.6 Å². The third kappa shape index (κ3) is 5.39. The number of sulfone groups is 1. The molecule has 1 aliphatic carbocycles. The van der Waals surface area contributed by atoms with Gasteiger partial charge in [-0.2, -0.15) is 0 Å². The van der Waals surface area contributed by atoms with Crippen LogP contribution in [0.15, 0.2) is 0 Å². The summed E-state index contributed by atoms with van der Waals surface area (Å²) in [5, 5.41) is 6.60. The predicted octanol–water partition coefficient (Wildman–Crippen LogP) is 0.0460. The molecule has 0 radical (unpaired) electrons. The fraction of sp³-hybridized carbons (Fsp3) is 0.875. The maximum Gasteiger partial charge on any atom is 0.166 e. The Bertz CT molecular complexity index is 309. The van der Waals surface area contributed by atoms with Gasteiger partial charge in [-0.05, 0) is 32.0 Å². The zero-order chi connectivity index (χ0) is 10.8. The Kier molecular flexibility index (Phi) is 3.71. The zero-order valence-corrected chi connectivity index (χ0v) is 10.0. The van der Waals surface area contributed by atoms with E-state index in [1.165, 1.54) is 6.26 Å². The molecule has 1 unspecified atom stereocenters. The molecule has 1 fully saturated rings. The van der Waals surface area contributed by atoms with Gasteiger partial charge in [0.2, 0.25) is 0 Å². The van der Waals surface area contributed by atoms with Crippen molar-refractivity contribution in [1.29, 1.82) is 0 Å². The summed E-state index contributed by atoms with van der Waals surface area (Å²) in [7, 11) is -2.93. The second-order valence-electron chi connectivity index (χ2n) is 3.89. The monoisotopic (exact) mass is 236 g/mol. The average Bonchev–Trinajstić information content (AvgIpc) is 2.64. The molecule has 1 rings (SSSR count). The number of nitrogens with one attached hydrogen (secondary N) is 2. The lowest BCUT2D eigenvalue weighted by Gasteiger charge is -2.15. The van der Waals surface area contributed by atoms with Crippen LogP contribution >= 0.6 is 12.2 Å². The van der Waals surface area contributed by atoms with Crippen molar-refractivity contribution in [2.24, 2.45) is 0 Å². The molecule has 0 spiro atoms. The highest BCUT2D eigenvalue weighted by molar-refractivity contribution is 7.90. The first-order valence-electron chi connectivity index (χ1n) is 4.61. The van der Waals surface area contributed by atoms with E-state index >= 15 is 0 Å². The topological polar surface area (TPSA) is 58.2 Å². The van der Waals surface area contributed by atoms with Crippen LogP contribution in [0.3, 0.4) is 0 Å². The van der Waals surface area contributed by atoms with Gasteiger partial charge in [-0.15, -0.1) is 0 Å². The van der Waals surface area contributed by atoms with E-state index in [1.807, 2.05) is 6.92 Å². The maximum absolute atomic E-state index is 11.0. The van der Waals surface area contributed by atoms with E-state index in [9.17, 15) is 8.42 Å². The van der Waals surface area contributed by atoms with Gasteiger partial charge in [-0.25, -0.2) is 8.42 Å². The summed E-state index contributed by atoms with van der Waals surface area (Å²) >= 11 is 5.02. The van der Waals surface area contributed by atoms with Crippen LogP contribution in [0.5, 0.6) is 0 Å². The molecule has 0 aromatic carbocycles. The summed E-state index contributed by atoms with van der Waals surface area (Å²) in [4.78, 5) is 0. The van der Waals surface area contributed by atoms with Gasteiger partial charge in [0.25, 0.3) is 0 Å². The SMILES string of the molecule is CC(CS(C)(=O)=O)NC(=S)NC1CC1. The summed E-state index contributed by atoms with van der Waals surface area (Å²) in [5.74, 6) is 0.111. The molecule has 2 N–H and O–H groups in total. The van der Waals surface area contributed by atoms with E-state index in [-0.39, 0.29) is 11.8 Å². The molecule has 82 valence electrons. The second-order valence-corrected chi connectivity index (χ2v) is 6.48. The van der Waals surface area contributed by atoms with Crippen molar-refractivity contribution in [3.05, 3.63) is 0 Å². The van der Waals surface area contributed by atoms with Gasteiger partial charge >= 0.3 is 0 Å². The number of hydrogen-bond donors (Lipinski definition) is 2. The molecular formula is C8H16N2O2S2. The van der Waals surface area contributed by atoms with Crippen LogP contribution in [-0.2, 0) is 9.84 Å². The van der Waals surface area contributed by atoms with Gasteiger partial charge in [0.15, 0.2) is 5.11 Å². The smallest absolute Gasteiger partial charge is 0.166 e. The number of hydrogen-bond acceptors (Lipinski definition) is 3. The molecular weight excluding hydrogens is 220 g/mol. The molecule has 0 amide bonds. The molecule has 0 aromatic rings. The fourth-order valence-electron chi connectivity index (χ4n) is 1.17. The van der Waals surface area contributed by atoms with Gasteiger partial charge in [0.05, 0.1) is 5.75 Å². The number of thiocarbonyl (C=S) groups is 1. The molecule has 4 nitrogen and oxygen atoms in total.